The molecule has 1 unspecified atom stereocenters. The number of aromatic nitrogens is 4. The summed E-state index contributed by atoms with van der Waals surface area (Å²) in [4.78, 5) is 8.51. The van der Waals surface area contributed by atoms with Crippen LogP contribution in [0.5, 0.6) is 5.75 Å². The first kappa shape index (κ1) is 26.0. The number of hydrogen-bond donors (Lipinski definition) is 1. The standard InChI is InChI=1S/C24H22BF3N6O3S/c25-20-14-31-34-22(30-13-16-4-2-8-29-12-16)11-21(32-23(20)34)17-5-3-9-33(15-17)38(35,36)19-7-1-6-18(10-19)37-24(26,27)28/h1-2,4,6-8,10-12,14,17,30H,3,5,9,13,15H2. The smallest absolute Gasteiger partial charge is 0.406 e. The minimum atomic E-state index is -4.93. The van der Waals surface area contributed by atoms with E-state index in [1.54, 1.807) is 16.9 Å². The van der Waals surface area contributed by atoms with E-state index in [1.807, 2.05) is 18.2 Å². The number of sulfonamides is 1. The molecule has 4 aromatic rings. The summed E-state index contributed by atoms with van der Waals surface area (Å²) in [5.41, 5.74) is 2.39. The summed E-state index contributed by atoms with van der Waals surface area (Å²) in [5.74, 6) is -0.242. The van der Waals surface area contributed by atoms with Gasteiger partial charge in [-0.2, -0.15) is 13.9 Å². The van der Waals surface area contributed by atoms with Crippen molar-refractivity contribution in [2.24, 2.45) is 0 Å². The summed E-state index contributed by atoms with van der Waals surface area (Å²) < 4.78 is 71.4. The van der Waals surface area contributed by atoms with Crippen LogP contribution < -0.4 is 15.5 Å². The van der Waals surface area contributed by atoms with E-state index in [9.17, 15) is 21.6 Å². The molecule has 1 saturated heterocycles. The van der Waals surface area contributed by atoms with Gasteiger partial charge in [-0.1, -0.05) is 12.1 Å². The molecule has 3 aromatic heterocycles. The van der Waals surface area contributed by atoms with Crippen molar-refractivity contribution in [3.8, 4) is 5.75 Å². The molecule has 9 nitrogen and oxygen atoms in total. The highest BCUT2D eigenvalue weighted by atomic mass is 32.2. The number of nitrogens with zero attached hydrogens (tertiary/aromatic N) is 5. The number of nitrogens with one attached hydrogen (secondary N) is 1. The number of fused-ring (bicyclic) bond motifs is 1. The minimum Gasteiger partial charge on any atom is -0.406 e. The number of benzene rings is 1. The number of alkyl halides is 3. The number of ether oxygens (including phenoxy) is 1. The van der Waals surface area contributed by atoms with Crippen LogP contribution in [0.1, 0.15) is 30.0 Å². The van der Waals surface area contributed by atoms with Gasteiger partial charge < -0.3 is 10.1 Å². The number of pyridine rings is 1. The highest BCUT2D eigenvalue weighted by Crippen LogP contribution is 2.32. The van der Waals surface area contributed by atoms with Crippen LogP contribution in [0.3, 0.4) is 0 Å². The second kappa shape index (κ2) is 10.3. The third-order valence-electron chi connectivity index (χ3n) is 6.19. The first-order valence-corrected chi connectivity index (χ1v) is 13.2. The van der Waals surface area contributed by atoms with Gasteiger partial charge in [0.05, 0.1) is 10.6 Å². The lowest BCUT2D eigenvalue weighted by Gasteiger charge is -2.32. The molecule has 196 valence electrons. The highest BCUT2D eigenvalue weighted by Gasteiger charge is 2.34. The van der Waals surface area contributed by atoms with Crippen LogP contribution in [0.25, 0.3) is 5.65 Å². The summed E-state index contributed by atoms with van der Waals surface area (Å²) in [7, 11) is 2.02. The van der Waals surface area contributed by atoms with Crippen LogP contribution in [0.2, 0.25) is 0 Å². The second-order valence-corrected chi connectivity index (χ2v) is 10.8. The van der Waals surface area contributed by atoms with Crippen molar-refractivity contribution in [2.45, 2.75) is 36.6 Å². The molecule has 1 fully saturated rings. The monoisotopic (exact) mass is 542 g/mol. The molecule has 1 N–H and O–H groups in total. The van der Waals surface area contributed by atoms with E-state index in [1.165, 1.54) is 22.6 Å². The maximum Gasteiger partial charge on any atom is 0.573 e. The molecule has 0 bridgehead atoms. The Morgan fingerprint density at radius 1 is 1.16 bits per heavy atom. The topological polar surface area (TPSA) is 102 Å². The number of halogens is 3. The quantitative estimate of drug-likeness (QED) is 0.359. The first-order valence-electron chi connectivity index (χ1n) is 11.7. The van der Waals surface area contributed by atoms with Gasteiger partial charge in [-0.05, 0) is 42.1 Å². The fraction of sp³-hybridized carbons (Fsp3) is 0.292. The molecule has 38 heavy (non-hydrogen) atoms. The predicted octanol–water partition coefficient (Wildman–Crippen LogP) is 3.00. The van der Waals surface area contributed by atoms with Gasteiger partial charge in [0.1, 0.15) is 19.4 Å². The Morgan fingerprint density at radius 3 is 2.76 bits per heavy atom. The average Bonchev–Trinajstić information content (AvgIpc) is 3.28. The summed E-state index contributed by atoms with van der Waals surface area (Å²) in [5, 5.41) is 7.61. The average molecular weight is 542 g/mol. The van der Waals surface area contributed by atoms with E-state index in [4.69, 9.17) is 7.85 Å². The van der Waals surface area contributed by atoms with E-state index in [0.717, 1.165) is 17.7 Å². The molecule has 0 amide bonds. The zero-order valence-corrected chi connectivity index (χ0v) is 20.8. The Morgan fingerprint density at radius 2 is 2.00 bits per heavy atom. The molecule has 0 spiro atoms. The Labute approximate surface area is 218 Å². The van der Waals surface area contributed by atoms with Crippen molar-refractivity contribution in [1.82, 2.24) is 23.9 Å². The van der Waals surface area contributed by atoms with Crippen molar-refractivity contribution in [1.29, 1.82) is 0 Å². The van der Waals surface area contributed by atoms with Gasteiger partial charge in [0.25, 0.3) is 0 Å². The maximum atomic E-state index is 13.3. The summed E-state index contributed by atoms with van der Waals surface area (Å²) in [6.07, 6.45) is 1.20. The fourth-order valence-corrected chi connectivity index (χ4v) is 5.97. The third-order valence-corrected chi connectivity index (χ3v) is 8.06. The van der Waals surface area contributed by atoms with Crippen LogP contribution in [0.15, 0.2) is 66.0 Å². The maximum absolute atomic E-state index is 13.3. The molecular weight excluding hydrogens is 520 g/mol. The first-order chi connectivity index (χ1) is 18.1. The number of rotatable bonds is 7. The molecule has 1 atom stereocenters. The van der Waals surface area contributed by atoms with E-state index >= 15 is 0 Å². The minimum absolute atomic E-state index is 0.103. The molecule has 0 saturated carbocycles. The van der Waals surface area contributed by atoms with Crippen LogP contribution in [0.4, 0.5) is 19.0 Å². The molecule has 1 aromatic carbocycles. The number of piperidine rings is 1. The van der Waals surface area contributed by atoms with E-state index in [0.29, 0.717) is 42.0 Å². The summed E-state index contributed by atoms with van der Waals surface area (Å²) in [6.45, 7) is 0.798. The second-order valence-electron chi connectivity index (χ2n) is 8.84. The lowest BCUT2D eigenvalue weighted by molar-refractivity contribution is -0.274. The Balaban J connectivity index is 1.41. The predicted molar refractivity (Wildman–Crippen MR) is 134 cm³/mol. The van der Waals surface area contributed by atoms with Gasteiger partial charge in [0.2, 0.25) is 10.0 Å². The van der Waals surface area contributed by atoms with Gasteiger partial charge in [-0.3, -0.25) is 4.98 Å². The zero-order chi connectivity index (χ0) is 26.9. The van der Waals surface area contributed by atoms with E-state index in [-0.39, 0.29) is 23.9 Å². The Kier molecular flexibility index (Phi) is 7.01. The van der Waals surface area contributed by atoms with Crippen LogP contribution >= 0.6 is 0 Å². The molecule has 5 rings (SSSR count). The van der Waals surface area contributed by atoms with Gasteiger partial charge in [-0.15, -0.1) is 13.2 Å². The van der Waals surface area contributed by atoms with Crippen LogP contribution in [-0.4, -0.2) is 59.6 Å². The van der Waals surface area contributed by atoms with Crippen molar-refractivity contribution in [3.63, 3.8) is 0 Å². The number of anilines is 1. The molecular formula is C24H22BF3N6O3S. The van der Waals surface area contributed by atoms with Crippen molar-refractivity contribution >= 4 is 34.8 Å². The fourth-order valence-electron chi connectivity index (χ4n) is 4.41. The molecule has 1 aliphatic rings. The molecule has 1 aliphatic heterocycles. The summed E-state index contributed by atoms with van der Waals surface area (Å²) in [6, 6.07) is 9.97. The molecule has 4 heterocycles. The van der Waals surface area contributed by atoms with Gasteiger partial charge >= 0.3 is 6.36 Å². The molecule has 0 aliphatic carbocycles. The Hall–Kier alpha value is -3.65. The summed E-state index contributed by atoms with van der Waals surface area (Å²) >= 11 is 0. The van der Waals surface area contributed by atoms with Gasteiger partial charge in [0.15, 0.2) is 5.65 Å². The van der Waals surface area contributed by atoms with Gasteiger partial charge in [0, 0.05) is 56.3 Å². The van der Waals surface area contributed by atoms with E-state index in [2.05, 4.69) is 25.1 Å². The SMILES string of the molecule is [B]c1cnn2c(NCc3cccnc3)cc(C3CCCN(S(=O)(=O)c4cccc(OC(F)(F)F)c4)C3)nc12. The lowest BCUT2D eigenvalue weighted by atomic mass is 9.95. The number of hydrogen-bond acceptors (Lipinski definition) is 7. The lowest BCUT2D eigenvalue weighted by Crippen LogP contribution is -2.39. The highest BCUT2D eigenvalue weighted by molar-refractivity contribution is 7.89. The molecule has 2 radical (unpaired) electrons. The van der Waals surface area contributed by atoms with Crippen LogP contribution in [-0.2, 0) is 16.6 Å². The Bertz CT molecular complexity index is 1550. The van der Waals surface area contributed by atoms with Crippen molar-refractivity contribution in [2.75, 3.05) is 18.4 Å². The largest absolute Gasteiger partial charge is 0.573 e. The van der Waals surface area contributed by atoms with Crippen LogP contribution in [0, 0.1) is 0 Å². The third kappa shape index (κ3) is 5.60. The van der Waals surface area contributed by atoms with Gasteiger partial charge in [-0.25, -0.2) is 13.4 Å². The van der Waals surface area contributed by atoms with Crippen molar-refractivity contribution in [3.05, 3.63) is 72.3 Å². The van der Waals surface area contributed by atoms with E-state index < -0.39 is 22.1 Å². The molecule has 14 heteroatoms. The van der Waals surface area contributed by atoms with Crippen molar-refractivity contribution < 1.29 is 26.3 Å². The normalized spacial score (nSPS) is 17.0. The zero-order valence-electron chi connectivity index (χ0n) is 20.0.